The van der Waals surface area contributed by atoms with E-state index in [0.717, 1.165) is 31.0 Å². The number of aliphatic hydroxyl groups excluding tert-OH is 1. The van der Waals surface area contributed by atoms with Gasteiger partial charge in [0.2, 0.25) is 0 Å². The maximum atomic E-state index is 11.7. The number of rotatable bonds is 2. The molecule has 1 aromatic carbocycles. The molecule has 0 aromatic heterocycles. The molecule has 2 aliphatic heterocycles. The highest BCUT2D eigenvalue weighted by Gasteiger charge is 2.34. The number of hydrogen-bond acceptors (Lipinski definition) is 4. The lowest BCUT2D eigenvalue weighted by Crippen LogP contribution is -2.31. The Morgan fingerprint density at radius 3 is 2.95 bits per heavy atom. The minimum Gasteiger partial charge on any atom is -0.379 e. The van der Waals surface area contributed by atoms with Gasteiger partial charge in [0.15, 0.2) is 6.10 Å². The van der Waals surface area contributed by atoms with Gasteiger partial charge in [-0.15, -0.1) is 0 Å². The number of amides is 1. The van der Waals surface area contributed by atoms with Crippen molar-refractivity contribution < 1.29 is 14.6 Å². The summed E-state index contributed by atoms with van der Waals surface area (Å²) < 4.78 is 5.40. The quantitative estimate of drug-likeness (QED) is 0.861. The van der Waals surface area contributed by atoms with Crippen LogP contribution >= 0.6 is 0 Å². The summed E-state index contributed by atoms with van der Waals surface area (Å²) >= 11 is 0. The van der Waals surface area contributed by atoms with Crippen molar-refractivity contribution in [2.24, 2.45) is 0 Å². The van der Waals surface area contributed by atoms with Crippen LogP contribution in [0.5, 0.6) is 0 Å². The van der Waals surface area contributed by atoms with Crippen LogP contribution in [0.3, 0.4) is 0 Å². The maximum absolute atomic E-state index is 11.7. The molecule has 1 amide bonds. The molecule has 2 heterocycles. The van der Waals surface area contributed by atoms with E-state index in [2.05, 4.69) is 4.90 Å². The molecule has 102 valence electrons. The average Bonchev–Trinajstić information content (AvgIpc) is 3.03. The number of hydrogen-bond donors (Lipinski definition) is 1. The van der Waals surface area contributed by atoms with Crippen molar-refractivity contribution in [1.82, 2.24) is 0 Å². The van der Waals surface area contributed by atoms with E-state index in [1.54, 1.807) is 7.05 Å². The van der Waals surface area contributed by atoms with Crippen LogP contribution in [0.15, 0.2) is 18.2 Å². The molecule has 1 saturated heterocycles. The molecule has 0 saturated carbocycles. The number of aliphatic hydroxyl groups is 1. The predicted molar refractivity (Wildman–Crippen MR) is 72.4 cm³/mol. The lowest BCUT2D eigenvalue weighted by Gasteiger charge is -2.26. The number of anilines is 2. The molecule has 0 spiro atoms. The highest BCUT2D eigenvalue weighted by molar-refractivity contribution is 6.03. The molecule has 19 heavy (non-hydrogen) atoms. The second-order valence-electron chi connectivity index (χ2n) is 5.17. The summed E-state index contributed by atoms with van der Waals surface area (Å²) in [6.07, 6.45) is -0.000458. The van der Waals surface area contributed by atoms with Crippen LogP contribution in [0.1, 0.15) is 18.1 Å². The highest BCUT2D eigenvalue weighted by Crippen LogP contribution is 2.37. The third-order valence-electron chi connectivity index (χ3n) is 4.10. The molecule has 0 aliphatic carbocycles. The lowest BCUT2D eigenvalue weighted by molar-refractivity contribution is -0.125. The molecule has 0 bridgehead atoms. The Hall–Kier alpha value is -1.59. The van der Waals surface area contributed by atoms with Crippen LogP contribution in [0.4, 0.5) is 11.4 Å². The van der Waals surface area contributed by atoms with Gasteiger partial charge in [0.1, 0.15) is 0 Å². The molecule has 5 nitrogen and oxygen atoms in total. The molecule has 2 unspecified atom stereocenters. The second-order valence-corrected chi connectivity index (χ2v) is 5.17. The first-order valence-corrected chi connectivity index (χ1v) is 6.50. The van der Waals surface area contributed by atoms with Crippen LogP contribution < -0.4 is 9.80 Å². The summed E-state index contributed by atoms with van der Waals surface area (Å²) in [5, 5.41) is 9.84. The molecular weight excluding hydrogens is 244 g/mol. The Kier molecular flexibility index (Phi) is 2.95. The Labute approximate surface area is 112 Å². The number of carbonyl (C=O) groups excluding carboxylic acids is 1. The van der Waals surface area contributed by atoms with Gasteiger partial charge in [-0.2, -0.15) is 0 Å². The zero-order valence-corrected chi connectivity index (χ0v) is 11.2. The Morgan fingerprint density at radius 1 is 1.47 bits per heavy atom. The van der Waals surface area contributed by atoms with Crippen LogP contribution in [-0.2, 0) is 9.53 Å². The van der Waals surface area contributed by atoms with Crippen molar-refractivity contribution in [2.45, 2.75) is 18.6 Å². The monoisotopic (exact) mass is 262 g/mol. The molecule has 2 aliphatic rings. The predicted octanol–water partition coefficient (Wildman–Crippen LogP) is 0.921. The number of carbonyl (C=O) groups is 1. The van der Waals surface area contributed by atoms with Crippen molar-refractivity contribution >= 4 is 17.3 Å². The maximum Gasteiger partial charge on any atom is 0.260 e. The summed E-state index contributed by atoms with van der Waals surface area (Å²) in [4.78, 5) is 15.4. The van der Waals surface area contributed by atoms with Crippen LogP contribution in [0.25, 0.3) is 0 Å². The topological polar surface area (TPSA) is 53.0 Å². The van der Waals surface area contributed by atoms with E-state index in [1.165, 1.54) is 4.90 Å². The number of ether oxygens (including phenoxy) is 1. The largest absolute Gasteiger partial charge is 0.379 e. The Bertz CT molecular complexity index is 511. The molecule has 2 atom stereocenters. The Morgan fingerprint density at radius 2 is 2.26 bits per heavy atom. The van der Waals surface area contributed by atoms with Gasteiger partial charge < -0.3 is 19.6 Å². The third-order valence-corrected chi connectivity index (χ3v) is 4.10. The van der Waals surface area contributed by atoms with E-state index in [4.69, 9.17) is 4.74 Å². The fourth-order valence-corrected chi connectivity index (χ4v) is 2.75. The van der Waals surface area contributed by atoms with Gasteiger partial charge >= 0.3 is 0 Å². The normalized spacial score (nSPS) is 25.8. The van der Waals surface area contributed by atoms with E-state index in [0.29, 0.717) is 11.6 Å². The number of likely N-dealkylation sites (N-methyl/N-ethyl adjacent to an activating group) is 2. The van der Waals surface area contributed by atoms with Crippen molar-refractivity contribution in [3.63, 3.8) is 0 Å². The van der Waals surface area contributed by atoms with Crippen LogP contribution in [0, 0.1) is 0 Å². The molecule has 3 rings (SSSR count). The van der Waals surface area contributed by atoms with E-state index in [-0.39, 0.29) is 5.91 Å². The van der Waals surface area contributed by atoms with Gasteiger partial charge in [0.05, 0.1) is 18.3 Å². The van der Waals surface area contributed by atoms with Crippen molar-refractivity contribution in [3.05, 3.63) is 23.8 Å². The van der Waals surface area contributed by atoms with Gasteiger partial charge in [-0.1, -0.05) is 6.07 Å². The van der Waals surface area contributed by atoms with Crippen molar-refractivity contribution in [3.8, 4) is 0 Å². The fraction of sp³-hybridized carbons (Fsp3) is 0.500. The van der Waals surface area contributed by atoms with E-state index < -0.39 is 6.10 Å². The first-order valence-electron chi connectivity index (χ1n) is 6.50. The second kappa shape index (κ2) is 4.51. The smallest absolute Gasteiger partial charge is 0.260 e. The highest BCUT2D eigenvalue weighted by atomic mass is 16.5. The summed E-state index contributed by atoms with van der Waals surface area (Å²) in [6.45, 7) is 1.54. The zero-order chi connectivity index (χ0) is 13.6. The van der Waals surface area contributed by atoms with Crippen LogP contribution in [0.2, 0.25) is 0 Å². The standard InChI is InChI=1S/C14H18N2O3/c1-15(10-5-6-19-8-10)9-3-4-11-12(7-9)16(2)14(18)13(11)17/h3-4,7,10,13,17H,5-6,8H2,1-2H3. The van der Waals surface area contributed by atoms with Gasteiger partial charge in [-0.3, -0.25) is 4.79 Å². The van der Waals surface area contributed by atoms with Crippen molar-refractivity contribution in [1.29, 1.82) is 0 Å². The van der Waals surface area contributed by atoms with Gasteiger partial charge in [0.25, 0.3) is 5.91 Å². The SMILES string of the molecule is CN1C(=O)C(O)c2ccc(N(C)C3CCOC3)cc21. The summed E-state index contributed by atoms with van der Waals surface area (Å²) in [5.41, 5.74) is 2.52. The summed E-state index contributed by atoms with van der Waals surface area (Å²) in [7, 11) is 3.73. The molecule has 0 radical (unpaired) electrons. The van der Waals surface area contributed by atoms with Crippen LogP contribution in [-0.4, -0.2) is 44.4 Å². The van der Waals surface area contributed by atoms with Gasteiger partial charge in [0, 0.05) is 32.0 Å². The number of fused-ring (bicyclic) bond motifs is 1. The van der Waals surface area contributed by atoms with Gasteiger partial charge in [-0.25, -0.2) is 0 Å². The number of nitrogens with zero attached hydrogens (tertiary/aromatic N) is 2. The molecule has 1 N–H and O–H groups in total. The number of benzene rings is 1. The van der Waals surface area contributed by atoms with Gasteiger partial charge in [-0.05, 0) is 18.6 Å². The molecule has 5 heteroatoms. The first-order chi connectivity index (χ1) is 9.09. The molecule has 1 fully saturated rings. The molecule has 1 aromatic rings. The first kappa shape index (κ1) is 12.4. The Balaban J connectivity index is 1.92. The minimum atomic E-state index is -1.02. The lowest BCUT2D eigenvalue weighted by atomic mass is 10.1. The van der Waals surface area contributed by atoms with E-state index in [9.17, 15) is 9.90 Å². The van der Waals surface area contributed by atoms with E-state index >= 15 is 0 Å². The average molecular weight is 262 g/mol. The van der Waals surface area contributed by atoms with E-state index in [1.807, 2.05) is 25.2 Å². The summed E-state index contributed by atoms with van der Waals surface area (Å²) in [5.74, 6) is -0.265. The molecular formula is C14H18N2O3. The minimum absolute atomic E-state index is 0.265. The zero-order valence-electron chi connectivity index (χ0n) is 11.2. The fourth-order valence-electron chi connectivity index (χ4n) is 2.75. The summed E-state index contributed by atoms with van der Waals surface area (Å²) in [6, 6.07) is 6.13. The third kappa shape index (κ3) is 1.89. The van der Waals surface area contributed by atoms with Crippen molar-refractivity contribution in [2.75, 3.05) is 37.1 Å².